The number of hydrogen-bond donors (Lipinski definition) is 3. The molecule has 9 heteroatoms. The van der Waals surface area contributed by atoms with Crippen LogP contribution in [0.2, 0.25) is 5.02 Å². The van der Waals surface area contributed by atoms with Crippen LogP contribution in [-0.2, 0) is 17.8 Å². The van der Waals surface area contributed by atoms with Crippen LogP contribution in [0.4, 0.5) is 4.39 Å². The molecule has 3 N–H and O–H groups in total. The molecule has 2 heterocycles. The maximum absolute atomic E-state index is 14.1. The molecule has 192 valence electrons. The van der Waals surface area contributed by atoms with E-state index in [1.165, 1.54) is 12.1 Å². The fourth-order valence-corrected chi connectivity index (χ4v) is 5.15. The smallest absolute Gasteiger partial charge is 0.237 e. The normalized spacial score (nSPS) is 15.8. The number of aromatic nitrogens is 2. The molecule has 0 saturated carbocycles. The van der Waals surface area contributed by atoms with E-state index in [2.05, 4.69) is 20.2 Å². The molecule has 3 aromatic carbocycles. The molecule has 0 bridgehead atoms. The number of rotatable bonds is 8. The predicted octanol–water partition coefficient (Wildman–Crippen LogP) is 4.85. The molecule has 1 saturated heterocycles. The Kier molecular flexibility index (Phi) is 7.40. The Morgan fingerprint density at radius 2 is 1.95 bits per heavy atom. The Bertz CT molecular complexity index is 1470. The van der Waals surface area contributed by atoms with Crippen LogP contribution in [0.5, 0.6) is 5.75 Å². The first kappa shape index (κ1) is 25.5. The third kappa shape index (κ3) is 5.54. The number of halogens is 2. The minimum absolute atomic E-state index is 0.00151. The second-order valence-electron chi connectivity index (χ2n) is 9.28. The number of hydrogen-bond acceptors (Lipinski definition) is 5. The maximum Gasteiger partial charge on any atom is 0.237 e. The molecule has 0 spiro atoms. The number of nitrogens with one attached hydrogen (secondary N) is 2. The van der Waals surface area contributed by atoms with E-state index in [4.69, 9.17) is 16.9 Å². The first-order chi connectivity index (χ1) is 18.4. The van der Waals surface area contributed by atoms with Crippen molar-refractivity contribution in [2.75, 3.05) is 6.54 Å². The summed E-state index contributed by atoms with van der Waals surface area (Å²) in [7, 11) is 0. The number of amides is 1. The lowest BCUT2D eigenvalue weighted by Gasteiger charge is -2.35. The Morgan fingerprint density at radius 1 is 1.16 bits per heavy atom. The van der Waals surface area contributed by atoms with Gasteiger partial charge in [0.2, 0.25) is 5.91 Å². The van der Waals surface area contributed by atoms with Crippen LogP contribution < -0.4 is 5.32 Å². The minimum atomic E-state index is -0.564. The molecular weight excluding hydrogens is 505 g/mol. The van der Waals surface area contributed by atoms with E-state index in [1.807, 2.05) is 30.3 Å². The number of H-pyrrole nitrogens is 1. The summed E-state index contributed by atoms with van der Waals surface area (Å²) in [6.07, 6.45) is 2.70. The number of carbonyl (C=O) groups is 1. The van der Waals surface area contributed by atoms with Crippen molar-refractivity contribution in [1.29, 1.82) is 5.26 Å². The van der Waals surface area contributed by atoms with E-state index in [0.29, 0.717) is 42.3 Å². The molecule has 38 heavy (non-hydrogen) atoms. The van der Waals surface area contributed by atoms with E-state index in [9.17, 15) is 14.3 Å². The van der Waals surface area contributed by atoms with E-state index in [1.54, 1.807) is 36.5 Å². The number of phenolic OH excluding ortho intramolecular Hbond substituents is 1. The van der Waals surface area contributed by atoms with Crippen molar-refractivity contribution >= 4 is 17.5 Å². The van der Waals surface area contributed by atoms with E-state index in [-0.39, 0.29) is 23.3 Å². The number of aromatic amines is 1. The van der Waals surface area contributed by atoms with E-state index >= 15 is 0 Å². The van der Waals surface area contributed by atoms with Gasteiger partial charge in [-0.3, -0.25) is 9.69 Å². The number of phenols is 1. The zero-order valence-electron chi connectivity index (χ0n) is 20.4. The lowest BCUT2D eigenvalue weighted by Crippen LogP contribution is -2.43. The topological polar surface area (TPSA) is 105 Å². The van der Waals surface area contributed by atoms with Gasteiger partial charge in [-0.25, -0.2) is 9.37 Å². The molecule has 7 nitrogen and oxygen atoms in total. The fraction of sp³-hybridized carbons (Fsp3) is 0.207. The summed E-state index contributed by atoms with van der Waals surface area (Å²) in [6, 6.07) is 20.0. The van der Waals surface area contributed by atoms with Crippen LogP contribution in [0.15, 0.2) is 72.9 Å². The number of aromatic hydroxyl groups is 1. The van der Waals surface area contributed by atoms with Crippen LogP contribution in [0.3, 0.4) is 0 Å². The molecule has 1 aliphatic heterocycles. The summed E-state index contributed by atoms with van der Waals surface area (Å²) in [4.78, 5) is 22.8. The van der Waals surface area contributed by atoms with Crippen molar-refractivity contribution < 1.29 is 14.3 Å². The molecule has 0 radical (unpaired) electrons. The Hall–Kier alpha value is -4.19. The van der Waals surface area contributed by atoms with Gasteiger partial charge in [0, 0.05) is 36.4 Å². The summed E-state index contributed by atoms with van der Waals surface area (Å²) >= 11 is 6.36. The van der Waals surface area contributed by atoms with Gasteiger partial charge < -0.3 is 15.4 Å². The first-order valence-electron chi connectivity index (χ1n) is 12.2. The monoisotopic (exact) mass is 529 g/mol. The van der Waals surface area contributed by atoms with Gasteiger partial charge in [0.15, 0.2) is 0 Å². The lowest BCUT2D eigenvalue weighted by molar-refractivity contribution is -0.124. The Labute approximate surface area is 224 Å². The van der Waals surface area contributed by atoms with Gasteiger partial charge in [0.05, 0.1) is 17.6 Å². The largest absolute Gasteiger partial charge is 0.508 e. The van der Waals surface area contributed by atoms with Crippen LogP contribution in [-0.4, -0.2) is 38.5 Å². The Balaban J connectivity index is 1.49. The molecule has 1 fully saturated rings. The predicted molar refractivity (Wildman–Crippen MR) is 141 cm³/mol. The zero-order chi connectivity index (χ0) is 26.6. The summed E-state index contributed by atoms with van der Waals surface area (Å²) in [5.74, 6) is 0.135. The maximum atomic E-state index is 14.1. The second kappa shape index (κ2) is 11.1. The van der Waals surface area contributed by atoms with E-state index in [0.717, 1.165) is 16.8 Å². The van der Waals surface area contributed by atoms with Crippen LogP contribution in [0.25, 0.3) is 0 Å². The van der Waals surface area contributed by atoms with Crippen LogP contribution >= 0.6 is 11.6 Å². The molecule has 1 aromatic heterocycles. The zero-order valence-corrected chi connectivity index (χ0v) is 21.1. The Morgan fingerprint density at radius 3 is 2.63 bits per heavy atom. The fourth-order valence-electron chi connectivity index (χ4n) is 4.95. The van der Waals surface area contributed by atoms with Gasteiger partial charge in [-0.2, -0.15) is 5.26 Å². The van der Waals surface area contributed by atoms with Gasteiger partial charge in [0.1, 0.15) is 23.5 Å². The number of nitrogens with zero attached hydrogens (tertiary/aromatic N) is 3. The highest BCUT2D eigenvalue weighted by atomic mass is 35.5. The van der Waals surface area contributed by atoms with Crippen molar-refractivity contribution in [2.45, 2.75) is 31.5 Å². The average Bonchev–Trinajstić information content (AvgIpc) is 3.52. The molecule has 1 amide bonds. The van der Waals surface area contributed by atoms with Crippen LogP contribution in [0.1, 0.15) is 46.2 Å². The molecular formula is C29H25ClFN5O2. The van der Waals surface area contributed by atoms with E-state index < -0.39 is 11.9 Å². The lowest BCUT2D eigenvalue weighted by atomic mass is 9.94. The number of benzene rings is 3. The summed E-state index contributed by atoms with van der Waals surface area (Å²) in [6.45, 7) is 0.931. The molecule has 0 aliphatic carbocycles. The number of carbonyl (C=O) groups excluding carboxylic acids is 1. The third-order valence-electron chi connectivity index (χ3n) is 6.66. The second-order valence-corrected chi connectivity index (χ2v) is 9.71. The molecule has 1 aliphatic rings. The summed E-state index contributed by atoms with van der Waals surface area (Å²) < 4.78 is 14.1. The van der Waals surface area contributed by atoms with Gasteiger partial charge in [0.25, 0.3) is 0 Å². The SMILES string of the molecule is N#Cc1ccc(Cc2ncc(CN(C3CCNC3=O)C(c3cccc(O)c3)c3cccc(Cl)c3)[nH]2)cc1F. The van der Waals surface area contributed by atoms with Crippen molar-refractivity contribution in [3.63, 3.8) is 0 Å². The summed E-state index contributed by atoms with van der Waals surface area (Å²) in [5, 5.41) is 22.7. The quantitative estimate of drug-likeness (QED) is 0.302. The van der Waals surface area contributed by atoms with Crippen molar-refractivity contribution in [2.24, 2.45) is 0 Å². The van der Waals surface area contributed by atoms with Gasteiger partial charge in [-0.15, -0.1) is 0 Å². The van der Waals surface area contributed by atoms with Gasteiger partial charge >= 0.3 is 0 Å². The molecule has 5 rings (SSSR count). The molecule has 2 unspecified atom stereocenters. The highest BCUT2D eigenvalue weighted by Gasteiger charge is 2.36. The minimum Gasteiger partial charge on any atom is -0.508 e. The average molecular weight is 530 g/mol. The first-order valence-corrected chi connectivity index (χ1v) is 12.6. The number of nitriles is 1. The standard InChI is InChI=1S/C29H25ClFN5O2/c30-22-5-1-3-19(13-22)28(20-4-2-6-24(37)14-20)36(26-9-10-33-29(26)38)17-23-16-34-27(35-23)12-18-7-8-21(15-32)25(31)11-18/h1-8,11,13-14,16,26,28,37H,9-10,12,17H2,(H,33,38)(H,34,35). The molecule has 4 aromatic rings. The highest BCUT2D eigenvalue weighted by molar-refractivity contribution is 6.30. The summed E-state index contributed by atoms with van der Waals surface area (Å²) in [5.41, 5.74) is 3.17. The van der Waals surface area contributed by atoms with Crippen molar-refractivity contribution in [3.05, 3.63) is 118 Å². The van der Waals surface area contributed by atoms with Gasteiger partial charge in [-0.1, -0.05) is 41.9 Å². The number of imidazole rings is 1. The highest BCUT2D eigenvalue weighted by Crippen LogP contribution is 2.35. The molecule has 2 atom stereocenters. The van der Waals surface area contributed by atoms with Gasteiger partial charge in [-0.05, 0) is 59.5 Å². The van der Waals surface area contributed by atoms with Crippen LogP contribution in [0, 0.1) is 17.1 Å². The van der Waals surface area contributed by atoms with Crippen molar-refractivity contribution in [3.8, 4) is 11.8 Å². The third-order valence-corrected chi connectivity index (χ3v) is 6.90. The van der Waals surface area contributed by atoms with Crippen molar-refractivity contribution in [1.82, 2.24) is 20.2 Å².